The highest BCUT2D eigenvalue weighted by atomic mass is 16.7. The molecule has 1 fully saturated rings. The Morgan fingerprint density at radius 3 is 2.44 bits per heavy atom. The number of rotatable bonds is 8. The van der Waals surface area contributed by atoms with E-state index in [-0.39, 0.29) is 6.29 Å². The first kappa shape index (κ1) is 13.9. The molecular formula is C12H26N2O2. The van der Waals surface area contributed by atoms with Crippen molar-refractivity contribution in [3.05, 3.63) is 0 Å². The molecule has 1 N–H and O–H groups in total. The van der Waals surface area contributed by atoms with Gasteiger partial charge in [0.25, 0.3) is 0 Å². The van der Waals surface area contributed by atoms with Crippen molar-refractivity contribution in [2.24, 2.45) is 0 Å². The molecule has 4 nitrogen and oxygen atoms in total. The summed E-state index contributed by atoms with van der Waals surface area (Å²) in [5.74, 6) is 0. The monoisotopic (exact) mass is 230 g/mol. The SMILES string of the molecule is COC(CNCCN(C)C1CCCC1)OC. The van der Waals surface area contributed by atoms with Gasteiger partial charge in [0, 0.05) is 39.9 Å². The van der Waals surface area contributed by atoms with Gasteiger partial charge in [-0.3, -0.25) is 0 Å². The first-order chi connectivity index (χ1) is 7.77. The molecule has 0 heterocycles. The number of nitrogens with one attached hydrogen (secondary N) is 1. The van der Waals surface area contributed by atoms with Crippen molar-refractivity contribution < 1.29 is 9.47 Å². The van der Waals surface area contributed by atoms with E-state index in [9.17, 15) is 0 Å². The highest BCUT2D eigenvalue weighted by Gasteiger charge is 2.18. The highest BCUT2D eigenvalue weighted by molar-refractivity contribution is 4.75. The molecule has 16 heavy (non-hydrogen) atoms. The number of hydrogen-bond donors (Lipinski definition) is 1. The zero-order valence-electron chi connectivity index (χ0n) is 10.9. The molecule has 1 aliphatic carbocycles. The van der Waals surface area contributed by atoms with Crippen molar-refractivity contribution in [3.63, 3.8) is 0 Å². The Morgan fingerprint density at radius 1 is 1.25 bits per heavy atom. The van der Waals surface area contributed by atoms with Gasteiger partial charge >= 0.3 is 0 Å². The maximum atomic E-state index is 5.11. The normalized spacial score (nSPS) is 17.8. The average molecular weight is 230 g/mol. The van der Waals surface area contributed by atoms with Gasteiger partial charge in [-0.2, -0.15) is 0 Å². The minimum absolute atomic E-state index is 0.128. The maximum Gasteiger partial charge on any atom is 0.169 e. The van der Waals surface area contributed by atoms with E-state index < -0.39 is 0 Å². The second kappa shape index (κ2) is 8.01. The molecule has 1 aliphatic rings. The summed E-state index contributed by atoms with van der Waals surface area (Å²) in [4.78, 5) is 2.47. The van der Waals surface area contributed by atoms with Gasteiger partial charge in [-0.1, -0.05) is 12.8 Å². The molecular weight excluding hydrogens is 204 g/mol. The van der Waals surface area contributed by atoms with Crippen LogP contribution < -0.4 is 5.32 Å². The van der Waals surface area contributed by atoms with Crippen LogP contribution in [0, 0.1) is 0 Å². The zero-order valence-corrected chi connectivity index (χ0v) is 10.9. The van der Waals surface area contributed by atoms with Crippen LogP contribution in [0.1, 0.15) is 25.7 Å². The lowest BCUT2D eigenvalue weighted by molar-refractivity contribution is -0.0987. The van der Waals surface area contributed by atoms with Crippen LogP contribution in [0.4, 0.5) is 0 Å². The average Bonchev–Trinajstić information content (AvgIpc) is 2.82. The van der Waals surface area contributed by atoms with E-state index in [1.165, 1.54) is 25.7 Å². The molecule has 0 radical (unpaired) electrons. The number of nitrogens with zero attached hydrogens (tertiary/aromatic N) is 1. The first-order valence-corrected chi connectivity index (χ1v) is 6.24. The van der Waals surface area contributed by atoms with E-state index >= 15 is 0 Å². The van der Waals surface area contributed by atoms with Crippen molar-refractivity contribution in [1.82, 2.24) is 10.2 Å². The number of hydrogen-bond acceptors (Lipinski definition) is 4. The molecule has 0 saturated heterocycles. The van der Waals surface area contributed by atoms with Gasteiger partial charge in [-0.05, 0) is 19.9 Å². The Bertz CT molecular complexity index is 168. The summed E-state index contributed by atoms with van der Waals surface area (Å²) in [6.07, 6.45) is 5.41. The molecule has 0 spiro atoms. The van der Waals surface area contributed by atoms with Crippen molar-refractivity contribution in [1.29, 1.82) is 0 Å². The largest absolute Gasteiger partial charge is 0.355 e. The Kier molecular flexibility index (Phi) is 6.96. The zero-order chi connectivity index (χ0) is 11.8. The predicted octanol–water partition coefficient (Wildman–Crippen LogP) is 1.07. The van der Waals surface area contributed by atoms with Crippen molar-refractivity contribution in [2.75, 3.05) is 40.9 Å². The van der Waals surface area contributed by atoms with Gasteiger partial charge in [-0.15, -0.1) is 0 Å². The van der Waals surface area contributed by atoms with Gasteiger partial charge in [0.15, 0.2) is 6.29 Å². The molecule has 0 aliphatic heterocycles. The standard InChI is InChI=1S/C12H26N2O2/c1-14(11-6-4-5-7-11)9-8-13-10-12(15-2)16-3/h11-13H,4-10H2,1-3H3. The van der Waals surface area contributed by atoms with Gasteiger partial charge in [0.1, 0.15) is 0 Å². The van der Waals surface area contributed by atoms with E-state index in [1.807, 2.05) is 0 Å². The molecule has 0 amide bonds. The molecule has 0 unspecified atom stereocenters. The topological polar surface area (TPSA) is 33.7 Å². The summed E-state index contributed by atoms with van der Waals surface area (Å²) in [7, 11) is 5.56. The predicted molar refractivity (Wildman–Crippen MR) is 65.6 cm³/mol. The Morgan fingerprint density at radius 2 is 1.88 bits per heavy atom. The molecule has 0 aromatic heterocycles. The Labute approximate surface area is 99.3 Å². The van der Waals surface area contributed by atoms with Crippen LogP contribution in [-0.4, -0.2) is 58.1 Å². The molecule has 0 aromatic rings. The summed E-state index contributed by atoms with van der Waals surface area (Å²) < 4.78 is 10.2. The van der Waals surface area contributed by atoms with E-state index in [2.05, 4.69) is 17.3 Å². The smallest absolute Gasteiger partial charge is 0.169 e. The van der Waals surface area contributed by atoms with E-state index in [4.69, 9.17) is 9.47 Å². The Balaban J connectivity index is 2.01. The Hall–Kier alpha value is -0.160. The summed E-state index contributed by atoms with van der Waals surface area (Å²) in [6, 6.07) is 0.808. The van der Waals surface area contributed by atoms with E-state index in [0.717, 1.165) is 25.7 Å². The van der Waals surface area contributed by atoms with Crippen LogP contribution in [0.2, 0.25) is 0 Å². The number of ether oxygens (including phenoxy) is 2. The molecule has 96 valence electrons. The van der Waals surface area contributed by atoms with Crippen LogP contribution in [0.3, 0.4) is 0 Å². The third kappa shape index (κ3) is 4.78. The summed E-state index contributed by atoms with van der Waals surface area (Å²) >= 11 is 0. The number of methoxy groups -OCH3 is 2. The van der Waals surface area contributed by atoms with Crippen molar-refractivity contribution in [3.8, 4) is 0 Å². The third-order valence-corrected chi connectivity index (χ3v) is 3.43. The van der Waals surface area contributed by atoms with Crippen molar-refractivity contribution in [2.45, 2.75) is 38.0 Å². The molecule has 1 saturated carbocycles. The lowest BCUT2D eigenvalue weighted by Crippen LogP contribution is -2.38. The van der Waals surface area contributed by atoms with Gasteiger partial charge in [-0.25, -0.2) is 0 Å². The molecule has 0 bridgehead atoms. The highest BCUT2D eigenvalue weighted by Crippen LogP contribution is 2.21. The second-order valence-corrected chi connectivity index (χ2v) is 4.52. The number of likely N-dealkylation sites (N-methyl/N-ethyl adjacent to an activating group) is 1. The summed E-state index contributed by atoms with van der Waals surface area (Å²) in [5.41, 5.74) is 0. The fourth-order valence-corrected chi connectivity index (χ4v) is 2.27. The third-order valence-electron chi connectivity index (χ3n) is 3.43. The van der Waals surface area contributed by atoms with Crippen LogP contribution in [-0.2, 0) is 9.47 Å². The molecule has 0 aromatic carbocycles. The van der Waals surface area contributed by atoms with Gasteiger partial charge < -0.3 is 19.7 Å². The molecule has 1 rings (SSSR count). The first-order valence-electron chi connectivity index (χ1n) is 6.24. The lowest BCUT2D eigenvalue weighted by atomic mass is 10.2. The van der Waals surface area contributed by atoms with Crippen molar-refractivity contribution >= 4 is 0 Å². The van der Waals surface area contributed by atoms with Crippen LogP contribution >= 0.6 is 0 Å². The summed E-state index contributed by atoms with van der Waals surface area (Å²) in [5, 5.41) is 3.35. The van der Waals surface area contributed by atoms with Crippen LogP contribution in [0.15, 0.2) is 0 Å². The fraction of sp³-hybridized carbons (Fsp3) is 1.00. The minimum Gasteiger partial charge on any atom is -0.355 e. The van der Waals surface area contributed by atoms with Gasteiger partial charge in [0.05, 0.1) is 0 Å². The van der Waals surface area contributed by atoms with E-state index in [1.54, 1.807) is 14.2 Å². The minimum atomic E-state index is -0.128. The fourth-order valence-electron chi connectivity index (χ4n) is 2.27. The molecule has 4 heteroatoms. The maximum absolute atomic E-state index is 5.11. The van der Waals surface area contributed by atoms with Gasteiger partial charge in [0.2, 0.25) is 0 Å². The lowest BCUT2D eigenvalue weighted by Gasteiger charge is -2.24. The quantitative estimate of drug-likeness (QED) is 0.499. The van der Waals surface area contributed by atoms with Crippen LogP contribution in [0.5, 0.6) is 0 Å². The molecule has 0 atom stereocenters. The second-order valence-electron chi connectivity index (χ2n) is 4.52. The van der Waals surface area contributed by atoms with E-state index in [0.29, 0.717) is 0 Å². The van der Waals surface area contributed by atoms with Crippen LogP contribution in [0.25, 0.3) is 0 Å². The summed E-state index contributed by atoms with van der Waals surface area (Å²) in [6.45, 7) is 2.85.